The van der Waals surface area contributed by atoms with Gasteiger partial charge in [0.2, 0.25) is 0 Å². The van der Waals surface area contributed by atoms with Crippen molar-refractivity contribution in [3.8, 4) is 5.88 Å². The molecule has 0 unspecified atom stereocenters. The van der Waals surface area contributed by atoms with Crippen LogP contribution in [0.1, 0.15) is 11.1 Å². The van der Waals surface area contributed by atoms with Gasteiger partial charge in [-0.1, -0.05) is 72.8 Å². The topological polar surface area (TPSA) is 77.0 Å². The predicted molar refractivity (Wildman–Crippen MR) is 103 cm³/mol. The number of fused-ring (bicyclic) bond motifs is 1. The maximum Gasteiger partial charge on any atom is 0.345 e. The second kappa shape index (κ2) is 7.29. The highest BCUT2D eigenvalue weighted by Crippen LogP contribution is 2.18. The Morgan fingerprint density at radius 3 is 2.48 bits per heavy atom. The molecule has 1 N–H and O–H groups in total. The van der Waals surface area contributed by atoms with Crippen molar-refractivity contribution < 1.29 is 4.74 Å². The average molecular weight is 359 g/mol. The number of hydrogen-bond donors (Lipinski definition) is 1. The van der Waals surface area contributed by atoms with E-state index in [1.165, 1.54) is 4.68 Å². The molecule has 134 valence electrons. The Labute approximate surface area is 154 Å². The Morgan fingerprint density at radius 1 is 0.889 bits per heavy atom. The summed E-state index contributed by atoms with van der Waals surface area (Å²) in [5.41, 5.74) is 0.638. The van der Waals surface area contributed by atoms with Crippen LogP contribution in [0.4, 0.5) is 0 Å². The Kier molecular flexibility index (Phi) is 4.53. The molecular formula is C21H17N3O3. The van der Waals surface area contributed by atoms with Crippen molar-refractivity contribution in [1.82, 2.24) is 14.8 Å². The van der Waals surface area contributed by atoms with Gasteiger partial charge in [0.05, 0.1) is 6.54 Å². The van der Waals surface area contributed by atoms with E-state index in [1.54, 1.807) is 0 Å². The molecule has 6 heteroatoms. The van der Waals surface area contributed by atoms with E-state index >= 15 is 0 Å². The van der Waals surface area contributed by atoms with Gasteiger partial charge in [-0.25, -0.2) is 9.48 Å². The zero-order valence-electron chi connectivity index (χ0n) is 14.5. The third kappa shape index (κ3) is 3.64. The summed E-state index contributed by atoms with van der Waals surface area (Å²) in [7, 11) is 0. The molecule has 0 saturated carbocycles. The van der Waals surface area contributed by atoms with E-state index in [0.29, 0.717) is 0 Å². The summed E-state index contributed by atoms with van der Waals surface area (Å²) in [5, 5.41) is 6.24. The van der Waals surface area contributed by atoms with Crippen LogP contribution in [0.5, 0.6) is 5.88 Å². The normalized spacial score (nSPS) is 10.8. The molecule has 0 aliphatic carbocycles. The van der Waals surface area contributed by atoms with Crippen LogP contribution in [0.15, 0.2) is 82.4 Å². The summed E-state index contributed by atoms with van der Waals surface area (Å²) >= 11 is 0. The molecule has 4 aromatic rings. The molecule has 0 bridgehead atoms. The SMILES string of the molecule is O=c1[nH]c(=O)n(Cc2cccc3ccccc23)nc1OCc1ccccc1. The molecule has 0 radical (unpaired) electrons. The van der Waals surface area contributed by atoms with Crippen LogP contribution in [0.2, 0.25) is 0 Å². The average Bonchev–Trinajstić information content (AvgIpc) is 2.70. The highest BCUT2D eigenvalue weighted by molar-refractivity contribution is 5.85. The third-order valence-electron chi connectivity index (χ3n) is 4.28. The largest absolute Gasteiger partial charge is 0.468 e. The van der Waals surface area contributed by atoms with Crippen LogP contribution in [0.25, 0.3) is 10.8 Å². The highest BCUT2D eigenvalue weighted by Gasteiger charge is 2.10. The summed E-state index contributed by atoms with van der Waals surface area (Å²) in [4.78, 5) is 26.5. The van der Waals surface area contributed by atoms with Crippen LogP contribution in [-0.2, 0) is 13.2 Å². The van der Waals surface area contributed by atoms with Gasteiger partial charge < -0.3 is 4.74 Å². The molecule has 0 fully saturated rings. The van der Waals surface area contributed by atoms with Crippen molar-refractivity contribution in [2.45, 2.75) is 13.2 Å². The van der Waals surface area contributed by atoms with Crippen LogP contribution in [-0.4, -0.2) is 14.8 Å². The second-order valence-electron chi connectivity index (χ2n) is 6.13. The van der Waals surface area contributed by atoms with Crippen molar-refractivity contribution in [3.05, 3.63) is 105 Å². The lowest BCUT2D eigenvalue weighted by Crippen LogP contribution is -2.33. The van der Waals surface area contributed by atoms with Crippen molar-refractivity contribution in [3.63, 3.8) is 0 Å². The van der Waals surface area contributed by atoms with E-state index in [2.05, 4.69) is 10.1 Å². The number of H-pyrrole nitrogens is 1. The molecule has 0 saturated heterocycles. The molecule has 1 heterocycles. The number of nitrogens with zero attached hydrogens (tertiary/aromatic N) is 2. The first-order valence-electron chi connectivity index (χ1n) is 8.55. The minimum atomic E-state index is -0.634. The van der Waals surface area contributed by atoms with Crippen LogP contribution >= 0.6 is 0 Å². The lowest BCUT2D eigenvalue weighted by molar-refractivity contribution is 0.277. The fourth-order valence-corrected chi connectivity index (χ4v) is 2.93. The summed E-state index contributed by atoms with van der Waals surface area (Å²) in [6.45, 7) is 0.433. The number of hydrogen-bond acceptors (Lipinski definition) is 4. The minimum absolute atomic E-state index is 0.126. The Hall–Kier alpha value is -3.67. The number of aromatic amines is 1. The van der Waals surface area contributed by atoms with E-state index in [1.807, 2.05) is 72.8 Å². The van der Waals surface area contributed by atoms with Crippen molar-refractivity contribution in [2.24, 2.45) is 0 Å². The van der Waals surface area contributed by atoms with Gasteiger partial charge >= 0.3 is 11.2 Å². The molecular weight excluding hydrogens is 342 g/mol. The molecule has 0 atom stereocenters. The van der Waals surface area contributed by atoms with Crippen molar-refractivity contribution >= 4 is 10.8 Å². The molecule has 0 amide bonds. The van der Waals surface area contributed by atoms with Gasteiger partial charge in [0.1, 0.15) is 6.61 Å². The van der Waals surface area contributed by atoms with Crippen LogP contribution in [0.3, 0.4) is 0 Å². The zero-order valence-corrected chi connectivity index (χ0v) is 14.5. The van der Waals surface area contributed by atoms with Gasteiger partial charge in [0, 0.05) is 0 Å². The molecule has 6 nitrogen and oxygen atoms in total. The zero-order chi connectivity index (χ0) is 18.6. The van der Waals surface area contributed by atoms with Crippen LogP contribution < -0.4 is 16.0 Å². The Balaban J connectivity index is 1.65. The lowest BCUT2D eigenvalue weighted by atomic mass is 10.0. The Morgan fingerprint density at radius 2 is 1.63 bits per heavy atom. The Bertz CT molecular complexity index is 1190. The third-order valence-corrected chi connectivity index (χ3v) is 4.28. The van der Waals surface area contributed by atoms with E-state index in [-0.39, 0.29) is 19.0 Å². The van der Waals surface area contributed by atoms with Gasteiger partial charge in [-0.2, -0.15) is 0 Å². The number of ether oxygens (including phenoxy) is 1. The molecule has 0 aliphatic rings. The lowest BCUT2D eigenvalue weighted by Gasteiger charge is -2.10. The van der Waals surface area contributed by atoms with E-state index in [9.17, 15) is 9.59 Å². The van der Waals surface area contributed by atoms with Crippen LogP contribution in [0, 0.1) is 0 Å². The maximum atomic E-state index is 12.2. The molecule has 0 aliphatic heterocycles. The number of nitrogens with one attached hydrogen (secondary N) is 1. The molecule has 4 rings (SSSR count). The fraction of sp³-hybridized carbons (Fsp3) is 0.0952. The molecule has 0 spiro atoms. The molecule has 1 aromatic heterocycles. The van der Waals surface area contributed by atoms with E-state index in [4.69, 9.17) is 4.74 Å². The number of rotatable bonds is 5. The first kappa shape index (κ1) is 16.8. The summed E-state index contributed by atoms with van der Waals surface area (Å²) in [6, 6.07) is 23.2. The number of aromatic nitrogens is 3. The first-order valence-corrected chi connectivity index (χ1v) is 8.55. The minimum Gasteiger partial charge on any atom is -0.468 e. The fourth-order valence-electron chi connectivity index (χ4n) is 2.93. The van der Waals surface area contributed by atoms with Crippen molar-refractivity contribution in [2.75, 3.05) is 0 Å². The first-order chi connectivity index (χ1) is 13.2. The quantitative estimate of drug-likeness (QED) is 0.594. The van der Waals surface area contributed by atoms with Gasteiger partial charge in [0.25, 0.3) is 5.88 Å². The van der Waals surface area contributed by atoms with E-state index < -0.39 is 11.2 Å². The summed E-state index contributed by atoms with van der Waals surface area (Å²) < 4.78 is 6.74. The van der Waals surface area contributed by atoms with Gasteiger partial charge in [-0.05, 0) is 21.9 Å². The van der Waals surface area contributed by atoms with Gasteiger partial charge in [0.15, 0.2) is 0 Å². The second-order valence-corrected chi connectivity index (χ2v) is 6.13. The summed E-state index contributed by atoms with van der Waals surface area (Å²) in [5.74, 6) is -0.126. The monoisotopic (exact) mass is 359 g/mol. The van der Waals surface area contributed by atoms with E-state index in [0.717, 1.165) is 21.9 Å². The highest BCUT2D eigenvalue weighted by atomic mass is 16.5. The van der Waals surface area contributed by atoms with Gasteiger partial charge in [-0.3, -0.25) is 9.78 Å². The molecule has 27 heavy (non-hydrogen) atoms. The molecule has 3 aromatic carbocycles. The number of benzene rings is 3. The van der Waals surface area contributed by atoms with Gasteiger partial charge in [-0.15, -0.1) is 5.10 Å². The summed E-state index contributed by atoms with van der Waals surface area (Å²) in [6.07, 6.45) is 0. The predicted octanol–water partition coefficient (Wildman–Crippen LogP) is 2.71. The maximum absolute atomic E-state index is 12.2. The smallest absolute Gasteiger partial charge is 0.345 e. The van der Waals surface area contributed by atoms with Crippen molar-refractivity contribution in [1.29, 1.82) is 0 Å². The standard InChI is InChI=1S/C21H17N3O3/c25-19-20(27-14-15-7-2-1-3-8-15)23-24(21(26)22-19)13-17-11-6-10-16-9-4-5-12-18(16)17/h1-12H,13-14H2,(H,22,25,26).